The van der Waals surface area contributed by atoms with Crippen molar-refractivity contribution in [2.45, 2.75) is 6.61 Å². The highest BCUT2D eigenvalue weighted by Gasteiger charge is 2.14. The van der Waals surface area contributed by atoms with E-state index >= 15 is 0 Å². The molecule has 0 aliphatic rings. The summed E-state index contributed by atoms with van der Waals surface area (Å²) in [4.78, 5) is 12.4. The van der Waals surface area contributed by atoms with E-state index in [9.17, 15) is 4.79 Å². The predicted molar refractivity (Wildman–Crippen MR) is 122 cm³/mol. The van der Waals surface area contributed by atoms with Crippen LogP contribution in [0.4, 0.5) is 5.69 Å². The molecular weight excluding hydrogens is 420 g/mol. The summed E-state index contributed by atoms with van der Waals surface area (Å²) in [6.45, 7) is 0.460. The third-order valence-electron chi connectivity index (χ3n) is 4.27. The van der Waals surface area contributed by atoms with Crippen LogP contribution in [-0.4, -0.2) is 11.0 Å². The molecule has 1 heterocycles. The van der Waals surface area contributed by atoms with Gasteiger partial charge in [-0.2, -0.15) is 0 Å². The molecule has 2 N–H and O–H groups in total. The van der Waals surface area contributed by atoms with Crippen molar-refractivity contribution in [2.24, 2.45) is 0 Å². The number of thiocarbonyl (C=S) groups is 1. The van der Waals surface area contributed by atoms with Crippen LogP contribution in [0.25, 0.3) is 11.0 Å². The van der Waals surface area contributed by atoms with Crippen molar-refractivity contribution in [2.75, 3.05) is 5.32 Å². The van der Waals surface area contributed by atoms with Gasteiger partial charge in [-0.25, -0.2) is 0 Å². The molecule has 0 atom stereocenters. The van der Waals surface area contributed by atoms with Crippen LogP contribution >= 0.6 is 23.8 Å². The van der Waals surface area contributed by atoms with Crippen molar-refractivity contribution in [3.05, 3.63) is 95.2 Å². The van der Waals surface area contributed by atoms with Crippen LogP contribution in [0.1, 0.15) is 16.1 Å². The molecule has 5 nitrogen and oxygen atoms in total. The summed E-state index contributed by atoms with van der Waals surface area (Å²) in [6, 6.07) is 24.0. The van der Waals surface area contributed by atoms with Crippen molar-refractivity contribution in [1.82, 2.24) is 5.32 Å². The molecule has 4 rings (SSSR count). The molecule has 0 saturated carbocycles. The molecule has 1 aromatic heterocycles. The summed E-state index contributed by atoms with van der Waals surface area (Å²) in [6.07, 6.45) is 0. The first-order valence-electron chi connectivity index (χ1n) is 9.15. The zero-order chi connectivity index (χ0) is 20.9. The van der Waals surface area contributed by atoms with Gasteiger partial charge in [0.25, 0.3) is 5.91 Å². The first kappa shape index (κ1) is 19.9. The highest BCUT2D eigenvalue weighted by Crippen LogP contribution is 2.23. The minimum Gasteiger partial charge on any atom is -0.489 e. The lowest BCUT2D eigenvalue weighted by Crippen LogP contribution is -2.33. The molecule has 0 fully saturated rings. The molecule has 150 valence electrons. The van der Waals surface area contributed by atoms with Gasteiger partial charge in [0.05, 0.1) is 0 Å². The Kier molecular flexibility index (Phi) is 5.97. The lowest BCUT2D eigenvalue weighted by atomic mass is 10.2. The van der Waals surface area contributed by atoms with Crippen LogP contribution in [0, 0.1) is 0 Å². The Balaban J connectivity index is 1.36. The third kappa shape index (κ3) is 4.97. The maximum atomic E-state index is 12.4. The Bertz CT molecular complexity index is 1210. The van der Waals surface area contributed by atoms with E-state index in [1.54, 1.807) is 24.3 Å². The second-order valence-corrected chi connectivity index (χ2v) is 7.35. The molecule has 7 heteroatoms. The second-order valence-electron chi connectivity index (χ2n) is 6.50. The lowest BCUT2D eigenvalue weighted by molar-refractivity contribution is 0.0953. The van der Waals surface area contributed by atoms with Crippen LogP contribution in [-0.2, 0) is 6.61 Å². The molecule has 0 aliphatic carbocycles. The van der Waals surface area contributed by atoms with Gasteiger partial charge >= 0.3 is 0 Å². The van der Waals surface area contributed by atoms with Crippen molar-refractivity contribution >= 4 is 51.5 Å². The first-order chi connectivity index (χ1) is 14.6. The number of hydrogen-bond acceptors (Lipinski definition) is 4. The number of benzene rings is 3. The summed E-state index contributed by atoms with van der Waals surface area (Å²) in [7, 11) is 0. The minimum absolute atomic E-state index is 0.149. The van der Waals surface area contributed by atoms with Gasteiger partial charge in [0.2, 0.25) is 0 Å². The number of anilines is 1. The van der Waals surface area contributed by atoms with Crippen LogP contribution in [0.3, 0.4) is 0 Å². The van der Waals surface area contributed by atoms with Gasteiger partial charge in [-0.15, -0.1) is 0 Å². The van der Waals surface area contributed by atoms with Crippen LogP contribution < -0.4 is 15.4 Å². The highest BCUT2D eigenvalue weighted by atomic mass is 35.5. The van der Waals surface area contributed by atoms with Crippen LogP contribution in [0.15, 0.2) is 83.3 Å². The minimum atomic E-state index is -0.448. The number of nitrogens with one attached hydrogen (secondary N) is 2. The van der Waals surface area contributed by atoms with Crippen molar-refractivity contribution < 1.29 is 13.9 Å². The summed E-state index contributed by atoms with van der Waals surface area (Å²) >= 11 is 11.2. The van der Waals surface area contributed by atoms with Gasteiger partial charge in [0.1, 0.15) is 17.9 Å². The van der Waals surface area contributed by atoms with E-state index in [4.69, 9.17) is 33.0 Å². The van der Waals surface area contributed by atoms with E-state index in [0.29, 0.717) is 28.6 Å². The van der Waals surface area contributed by atoms with Crippen molar-refractivity contribution in [3.8, 4) is 5.75 Å². The van der Waals surface area contributed by atoms with E-state index in [0.717, 1.165) is 10.9 Å². The molecule has 4 aromatic rings. The molecule has 0 bridgehead atoms. The SMILES string of the molecule is O=C(NC(=S)Nc1cccc(OCc2ccccc2)c1)c1cc2cc(Cl)ccc2o1. The zero-order valence-electron chi connectivity index (χ0n) is 15.7. The number of halogens is 1. The Hall–Kier alpha value is -3.35. The van der Waals surface area contributed by atoms with E-state index < -0.39 is 5.91 Å². The molecule has 1 amide bonds. The topological polar surface area (TPSA) is 63.5 Å². The van der Waals surface area contributed by atoms with E-state index in [1.807, 2.05) is 54.6 Å². The third-order valence-corrected chi connectivity index (χ3v) is 4.71. The quantitative estimate of drug-likeness (QED) is 0.387. The van der Waals surface area contributed by atoms with Gasteiger partial charge in [0, 0.05) is 22.2 Å². The lowest BCUT2D eigenvalue weighted by Gasteiger charge is -2.11. The fraction of sp³-hybridized carbons (Fsp3) is 0.0435. The molecule has 0 unspecified atom stereocenters. The van der Waals surface area contributed by atoms with Gasteiger partial charge in [0.15, 0.2) is 10.9 Å². The molecule has 0 aliphatic heterocycles. The van der Waals surface area contributed by atoms with Gasteiger partial charge in [-0.05, 0) is 54.2 Å². The van der Waals surface area contributed by atoms with Gasteiger partial charge in [-0.3, -0.25) is 10.1 Å². The predicted octanol–water partition coefficient (Wildman–Crippen LogP) is 5.79. The van der Waals surface area contributed by atoms with E-state index in [1.165, 1.54) is 0 Å². The fourth-order valence-electron chi connectivity index (χ4n) is 2.86. The summed E-state index contributed by atoms with van der Waals surface area (Å²) < 4.78 is 11.4. The molecule has 0 spiro atoms. The summed E-state index contributed by atoms with van der Waals surface area (Å²) in [5.41, 5.74) is 2.35. The Labute approximate surface area is 183 Å². The summed E-state index contributed by atoms with van der Waals surface area (Å²) in [5.74, 6) is 0.389. The Morgan fingerprint density at radius 3 is 2.67 bits per heavy atom. The number of fused-ring (bicyclic) bond motifs is 1. The van der Waals surface area contributed by atoms with E-state index in [2.05, 4.69) is 10.6 Å². The number of carbonyl (C=O) groups is 1. The van der Waals surface area contributed by atoms with Gasteiger partial charge < -0.3 is 14.5 Å². The maximum absolute atomic E-state index is 12.4. The van der Waals surface area contributed by atoms with Crippen molar-refractivity contribution in [3.63, 3.8) is 0 Å². The molecule has 0 saturated heterocycles. The molecule has 3 aromatic carbocycles. The van der Waals surface area contributed by atoms with E-state index in [-0.39, 0.29) is 10.9 Å². The monoisotopic (exact) mass is 436 g/mol. The number of rotatable bonds is 5. The standard InChI is InChI=1S/C23H17ClN2O3S/c24-17-9-10-20-16(11-17)12-21(29-20)22(27)26-23(30)25-18-7-4-8-19(13-18)28-14-15-5-2-1-3-6-15/h1-13H,14H2,(H2,25,26,27,30). The van der Waals surface area contributed by atoms with Gasteiger partial charge in [-0.1, -0.05) is 48.0 Å². The van der Waals surface area contributed by atoms with Crippen LogP contribution in [0.5, 0.6) is 5.75 Å². The molecule has 0 radical (unpaired) electrons. The number of ether oxygens (including phenoxy) is 1. The summed E-state index contributed by atoms with van der Waals surface area (Å²) in [5, 5.41) is 7.06. The zero-order valence-corrected chi connectivity index (χ0v) is 17.3. The average molecular weight is 437 g/mol. The number of amides is 1. The maximum Gasteiger partial charge on any atom is 0.293 e. The Morgan fingerprint density at radius 2 is 1.83 bits per heavy atom. The Morgan fingerprint density at radius 1 is 1.00 bits per heavy atom. The normalized spacial score (nSPS) is 10.6. The largest absolute Gasteiger partial charge is 0.489 e. The highest BCUT2D eigenvalue weighted by molar-refractivity contribution is 7.80. The second kappa shape index (κ2) is 8.98. The van der Waals surface area contributed by atoms with Crippen LogP contribution in [0.2, 0.25) is 5.02 Å². The number of carbonyl (C=O) groups excluding carboxylic acids is 1. The average Bonchev–Trinajstić information content (AvgIpc) is 3.16. The first-order valence-corrected chi connectivity index (χ1v) is 9.94. The van der Waals surface area contributed by atoms with Crippen molar-refractivity contribution in [1.29, 1.82) is 0 Å². The fourth-order valence-corrected chi connectivity index (χ4v) is 3.25. The smallest absolute Gasteiger partial charge is 0.293 e. The molecule has 30 heavy (non-hydrogen) atoms. The number of hydrogen-bond donors (Lipinski definition) is 2. The number of furan rings is 1. The molecular formula is C23H17ClN2O3S.